The van der Waals surface area contributed by atoms with Gasteiger partial charge in [-0.05, 0) is 6.92 Å². The summed E-state index contributed by atoms with van der Waals surface area (Å²) >= 11 is 0. The molecule has 0 bridgehead atoms. The van der Waals surface area contributed by atoms with Crippen molar-refractivity contribution in [2.24, 2.45) is 0 Å². The molecule has 9 heteroatoms. The maximum absolute atomic E-state index is 9.99. The van der Waals surface area contributed by atoms with Crippen LogP contribution in [0, 0.1) is 6.92 Å². The molecular weight excluding hydrogens is 310 g/mol. The van der Waals surface area contributed by atoms with Gasteiger partial charge in [-0.15, -0.1) is 0 Å². The van der Waals surface area contributed by atoms with Crippen molar-refractivity contribution in [1.29, 1.82) is 0 Å². The van der Waals surface area contributed by atoms with Crippen LogP contribution >= 0.6 is 0 Å². The second kappa shape index (κ2) is 7.49. The number of rotatable bonds is 5. The predicted octanol–water partition coefficient (Wildman–Crippen LogP) is -2.45. The van der Waals surface area contributed by atoms with Crippen LogP contribution in [0.25, 0.3) is 0 Å². The molecule has 2 rings (SSSR count). The van der Waals surface area contributed by atoms with Gasteiger partial charge in [-0.1, -0.05) is 0 Å². The minimum absolute atomic E-state index is 0.100. The standard InChI is InChI=1S/C14H21NO8/c1-6-13(8(4-17)7(3-16)2-15-6)23-14-12(21)11(20)10(19)9(5-18)22-14/h2,9-12,14,16-21H,3-5H2,1H3/t9-,10-,11+,12-,14-/m1/s1. The molecule has 9 nitrogen and oxygen atoms in total. The lowest BCUT2D eigenvalue weighted by Crippen LogP contribution is -2.60. The number of pyridine rings is 1. The van der Waals surface area contributed by atoms with E-state index in [0.29, 0.717) is 11.3 Å². The van der Waals surface area contributed by atoms with E-state index < -0.39 is 43.9 Å². The molecule has 1 aromatic rings. The molecule has 0 spiro atoms. The molecule has 0 radical (unpaired) electrons. The van der Waals surface area contributed by atoms with Gasteiger partial charge >= 0.3 is 0 Å². The van der Waals surface area contributed by atoms with Gasteiger partial charge in [0.15, 0.2) is 0 Å². The maximum atomic E-state index is 9.99. The van der Waals surface area contributed by atoms with E-state index >= 15 is 0 Å². The molecule has 0 aromatic carbocycles. The first-order chi connectivity index (χ1) is 10.9. The highest BCUT2D eigenvalue weighted by atomic mass is 16.7. The number of ether oxygens (including phenoxy) is 2. The van der Waals surface area contributed by atoms with Crippen LogP contribution in [-0.2, 0) is 18.0 Å². The van der Waals surface area contributed by atoms with Crippen molar-refractivity contribution in [3.05, 3.63) is 23.0 Å². The van der Waals surface area contributed by atoms with Crippen LogP contribution in [0.5, 0.6) is 5.75 Å². The Morgan fingerprint density at radius 3 is 2.35 bits per heavy atom. The summed E-state index contributed by atoms with van der Waals surface area (Å²) < 4.78 is 10.8. The zero-order valence-corrected chi connectivity index (χ0v) is 12.5. The lowest BCUT2D eigenvalue weighted by molar-refractivity contribution is -0.277. The monoisotopic (exact) mass is 331 g/mol. The SMILES string of the molecule is Cc1ncc(CO)c(CO)c1O[C@H]1O[C@H](CO)[C@@H](O)[C@H](O)[C@H]1O. The van der Waals surface area contributed by atoms with Gasteiger partial charge in [0.2, 0.25) is 6.29 Å². The van der Waals surface area contributed by atoms with Crippen molar-refractivity contribution in [1.82, 2.24) is 4.98 Å². The number of aromatic nitrogens is 1. The van der Waals surface area contributed by atoms with Gasteiger partial charge < -0.3 is 40.1 Å². The molecule has 0 saturated carbocycles. The third-order valence-corrected chi connectivity index (χ3v) is 3.82. The summed E-state index contributed by atoms with van der Waals surface area (Å²) in [5.74, 6) is 0.100. The number of hydrogen-bond acceptors (Lipinski definition) is 9. The van der Waals surface area contributed by atoms with Gasteiger partial charge in [-0.3, -0.25) is 4.98 Å². The summed E-state index contributed by atoms with van der Waals surface area (Å²) in [7, 11) is 0. The molecule has 130 valence electrons. The fourth-order valence-electron chi connectivity index (χ4n) is 2.42. The number of hydrogen-bond donors (Lipinski definition) is 6. The highest BCUT2D eigenvalue weighted by molar-refractivity contribution is 5.41. The fourth-order valence-corrected chi connectivity index (χ4v) is 2.42. The van der Waals surface area contributed by atoms with Crippen molar-refractivity contribution >= 4 is 0 Å². The first-order valence-corrected chi connectivity index (χ1v) is 7.10. The van der Waals surface area contributed by atoms with Gasteiger partial charge in [0.05, 0.1) is 25.5 Å². The number of aliphatic hydroxyl groups is 6. The number of aryl methyl sites for hydroxylation is 1. The summed E-state index contributed by atoms with van der Waals surface area (Å²) in [5.41, 5.74) is 0.998. The highest BCUT2D eigenvalue weighted by Crippen LogP contribution is 2.30. The summed E-state index contributed by atoms with van der Waals surface area (Å²) in [6.45, 7) is 0.214. The molecule has 0 aliphatic carbocycles. The Kier molecular flexibility index (Phi) is 5.87. The Labute approximate surface area is 132 Å². The van der Waals surface area contributed by atoms with E-state index in [1.165, 1.54) is 6.20 Å². The van der Waals surface area contributed by atoms with E-state index in [-0.39, 0.29) is 17.9 Å². The van der Waals surface area contributed by atoms with Crippen LogP contribution < -0.4 is 4.74 Å². The molecule has 1 aromatic heterocycles. The average Bonchev–Trinajstić information content (AvgIpc) is 2.56. The van der Waals surface area contributed by atoms with E-state index in [2.05, 4.69) is 4.98 Å². The van der Waals surface area contributed by atoms with Crippen molar-refractivity contribution in [3.8, 4) is 5.75 Å². The van der Waals surface area contributed by atoms with E-state index in [9.17, 15) is 25.5 Å². The van der Waals surface area contributed by atoms with Gasteiger partial charge in [0.25, 0.3) is 0 Å². The Morgan fingerprint density at radius 1 is 1.09 bits per heavy atom. The van der Waals surface area contributed by atoms with Crippen LogP contribution in [0.1, 0.15) is 16.8 Å². The molecule has 1 aliphatic rings. The van der Waals surface area contributed by atoms with Crippen LogP contribution in [0.4, 0.5) is 0 Å². The molecule has 0 amide bonds. The maximum Gasteiger partial charge on any atom is 0.229 e. The molecule has 1 saturated heterocycles. The third-order valence-electron chi connectivity index (χ3n) is 3.82. The zero-order chi connectivity index (χ0) is 17.1. The van der Waals surface area contributed by atoms with Gasteiger partial charge in [-0.25, -0.2) is 0 Å². The summed E-state index contributed by atoms with van der Waals surface area (Å²) in [5, 5.41) is 57.4. The van der Waals surface area contributed by atoms with Crippen molar-refractivity contribution in [2.45, 2.75) is 50.8 Å². The molecule has 0 unspecified atom stereocenters. The van der Waals surface area contributed by atoms with Crippen LogP contribution in [-0.4, -0.2) is 72.9 Å². The molecule has 1 aliphatic heterocycles. The van der Waals surface area contributed by atoms with Gasteiger partial charge in [0, 0.05) is 17.3 Å². The average molecular weight is 331 g/mol. The zero-order valence-electron chi connectivity index (χ0n) is 12.5. The molecule has 23 heavy (non-hydrogen) atoms. The number of nitrogens with zero attached hydrogens (tertiary/aromatic N) is 1. The summed E-state index contributed by atoms with van der Waals surface area (Å²) in [4.78, 5) is 4.03. The van der Waals surface area contributed by atoms with Crippen molar-refractivity contribution in [3.63, 3.8) is 0 Å². The first kappa shape index (κ1) is 18.0. The topological polar surface area (TPSA) is 153 Å². The highest BCUT2D eigenvalue weighted by Gasteiger charge is 2.45. The van der Waals surface area contributed by atoms with E-state index in [0.717, 1.165) is 0 Å². The second-order valence-corrected chi connectivity index (χ2v) is 5.31. The van der Waals surface area contributed by atoms with Crippen LogP contribution in [0.15, 0.2) is 6.20 Å². The predicted molar refractivity (Wildman–Crippen MR) is 75.2 cm³/mol. The smallest absolute Gasteiger partial charge is 0.229 e. The normalized spacial score (nSPS) is 31.2. The Hall–Kier alpha value is -1.33. The van der Waals surface area contributed by atoms with Crippen LogP contribution in [0.3, 0.4) is 0 Å². The Bertz CT molecular complexity index is 538. The lowest BCUT2D eigenvalue weighted by Gasteiger charge is -2.39. The van der Waals surface area contributed by atoms with E-state index in [1.54, 1.807) is 6.92 Å². The van der Waals surface area contributed by atoms with Crippen molar-refractivity contribution in [2.75, 3.05) is 6.61 Å². The van der Waals surface area contributed by atoms with Crippen LogP contribution in [0.2, 0.25) is 0 Å². The van der Waals surface area contributed by atoms with Crippen molar-refractivity contribution < 1.29 is 40.1 Å². The quantitative estimate of drug-likeness (QED) is 0.345. The Morgan fingerprint density at radius 2 is 1.78 bits per heavy atom. The minimum Gasteiger partial charge on any atom is -0.460 e. The van der Waals surface area contributed by atoms with E-state index in [4.69, 9.17) is 14.6 Å². The fraction of sp³-hybridized carbons (Fsp3) is 0.643. The number of aliphatic hydroxyl groups excluding tert-OH is 6. The second-order valence-electron chi connectivity index (χ2n) is 5.31. The largest absolute Gasteiger partial charge is 0.460 e. The third kappa shape index (κ3) is 3.45. The molecular formula is C14H21NO8. The molecule has 6 N–H and O–H groups in total. The van der Waals surface area contributed by atoms with Gasteiger partial charge in [0.1, 0.15) is 30.2 Å². The Balaban J connectivity index is 2.31. The summed E-state index contributed by atoms with van der Waals surface area (Å²) in [6, 6.07) is 0. The molecule has 1 fully saturated rings. The first-order valence-electron chi connectivity index (χ1n) is 7.10. The van der Waals surface area contributed by atoms with E-state index in [1.807, 2.05) is 0 Å². The molecule has 2 heterocycles. The molecule has 5 atom stereocenters. The summed E-state index contributed by atoms with van der Waals surface area (Å²) in [6.07, 6.45) is -5.74. The lowest BCUT2D eigenvalue weighted by atomic mass is 9.99. The van der Waals surface area contributed by atoms with Gasteiger partial charge in [-0.2, -0.15) is 0 Å². The minimum atomic E-state index is -1.57.